The van der Waals surface area contributed by atoms with Gasteiger partial charge in [-0.2, -0.15) is 0 Å². The average molecular weight is 318 g/mol. The van der Waals surface area contributed by atoms with Crippen LogP contribution in [0.25, 0.3) is 0 Å². The van der Waals surface area contributed by atoms with Gasteiger partial charge in [0.1, 0.15) is 12.4 Å². The molecule has 0 aliphatic carbocycles. The van der Waals surface area contributed by atoms with E-state index in [0.29, 0.717) is 5.56 Å². The minimum absolute atomic E-state index is 0.214. The molecule has 0 bridgehead atoms. The van der Waals surface area contributed by atoms with E-state index in [1.165, 1.54) is 22.9 Å². The number of halogens is 1. The Kier molecular flexibility index (Phi) is 3.94. The first kappa shape index (κ1) is 14.7. The van der Waals surface area contributed by atoms with Crippen LogP contribution in [-0.4, -0.2) is 13.1 Å². The van der Waals surface area contributed by atoms with Crippen LogP contribution in [0.3, 0.4) is 0 Å². The molecule has 1 aliphatic heterocycles. The van der Waals surface area contributed by atoms with Crippen molar-refractivity contribution in [3.63, 3.8) is 0 Å². The van der Waals surface area contributed by atoms with Crippen LogP contribution in [0, 0.1) is 12.7 Å². The molecule has 4 nitrogen and oxygen atoms in total. The quantitative estimate of drug-likeness (QED) is 0.855. The van der Waals surface area contributed by atoms with Crippen LogP contribution in [0.4, 0.5) is 20.6 Å². The number of rotatable bonds is 3. The van der Waals surface area contributed by atoms with E-state index >= 15 is 0 Å². The molecule has 6 heteroatoms. The second-order valence-corrected chi connectivity index (χ2v) is 5.95. The molecule has 22 heavy (non-hydrogen) atoms. The molecule has 1 N–H and O–H groups in total. The Labute approximate surface area is 132 Å². The zero-order valence-electron chi connectivity index (χ0n) is 12.2. The maximum absolute atomic E-state index is 13.2. The van der Waals surface area contributed by atoms with Gasteiger partial charge in [0.15, 0.2) is 0 Å². The van der Waals surface area contributed by atoms with Gasteiger partial charge in [-0.15, -0.1) is 0 Å². The van der Waals surface area contributed by atoms with Gasteiger partial charge in [0, 0.05) is 23.2 Å². The van der Waals surface area contributed by atoms with Crippen molar-refractivity contribution >= 4 is 29.4 Å². The zero-order valence-corrected chi connectivity index (χ0v) is 13.0. The molecule has 0 spiro atoms. The first-order valence-corrected chi connectivity index (χ1v) is 7.58. The third-order valence-electron chi connectivity index (χ3n) is 3.48. The Morgan fingerprint density at radius 2 is 2.09 bits per heavy atom. The highest BCUT2D eigenvalue weighted by Gasteiger charge is 2.22. The SMILES string of the molecule is Cc1cc(NSc2ccc3c(c2)COC(=O)N3C)ccc1F. The van der Waals surface area contributed by atoms with E-state index in [1.54, 1.807) is 26.1 Å². The van der Waals surface area contributed by atoms with Gasteiger partial charge in [0.05, 0.1) is 5.69 Å². The molecule has 1 amide bonds. The lowest BCUT2D eigenvalue weighted by Crippen LogP contribution is -2.31. The first-order valence-electron chi connectivity index (χ1n) is 6.77. The molecule has 0 unspecified atom stereocenters. The molecule has 0 fully saturated rings. The second-order valence-electron chi connectivity index (χ2n) is 5.07. The fourth-order valence-corrected chi connectivity index (χ4v) is 2.93. The maximum atomic E-state index is 13.2. The third kappa shape index (κ3) is 2.87. The molecule has 0 saturated heterocycles. The number of benzene rings is 2. The molecule has 1 aliphatic rings. The van der Waals surface area contributed by atoms with Gasteiger partial charge in [-0.1, -0.05) is 0 Å². The molecule has 3 rings (SSSR count). The Bertz CT molecular complexity index is 736. The number of nitrogens with zero attached hydrogens (tertiary/aromatic N) is 1. The summed E-state index contributed by atoms with van der Waals surface area (Å²) >= 11 is 1.43. The highest BCUT2D eigenvalue weighted by molar-refractivity contribution is 8.00. The predicted molar refractivity (Wildman–Crippen MR) is 85.6 cm³/mol. The van der Waals surface area contributed by atoms with Crippen LogP contribution in [0.5, 0.6) is 0 Å². The number of nitrogens with one attached hydrogen (secondary N) is 1. The molecule has 2 aromatic carbocycles. The van der Waals surface area contributed by atoms with Gasteiger partial charge < -0.3 is 9.46 Å². The number of carbonyl (C=O) groups is 1. The van der Waals surface area contributed by atoms with Crippen molar-refractivity contribution in [2.45, 2.75) is 18.4 Å². The summed E-state index contributed by atoms with van der Waals surface area (Å²) in [5.41, 5.74) is 3.26. The Hall–Kier alpha value is -2.21. The minimum Gasteiger partial charge on any atom is -0.444 e. The molecular formula is C16H15FN2O2S. The number of hydrogen-bond acceptors (Lipinski definition) is 4. The highest BCUT2D eigenvalue weighted by atomic mass is 32.2. The van der Waals surface area contributed by atoms with Crippen molar-refractivity contribution in [3.8, 4) is 0 Å². The first-order chi connectivity index (χ1) is 10.5. The van der Waals surface area contributed by atoms with E-state index in [0.717, 1.165) is 21.8 Å². The van der Waals surface area contributed by atoms with Crippen molar-refractivity contribution < 1.29 is 13.9 Å². The second kappa shape index (κ2) is 5.88. The molecule has 0 saturated carbocycles. The van der Waals surface area contributed by atoms with E-state index < -0.39 is 0 Å². The van der Waals surface area contributed by atoms with Crippen molar-refractivity contribution in [1.82, 2.24) is 0 Å². The largest absolute Gasteiger partial charge is 0.444 e. The van der Waals surface area contributed by atoms with Gasteiger partial charge >= 0.3 is 6.09 Å². The van der Waals surface area contributed by atoms with E-state index in [1.807, 2.05) is 18.2 Å². The minimum atomic E-state index is -0.340. The summed E-state index contributed by atoms with van der Waals surface area (Å²) in [4.78, 5) is 14.0. The third-order valence-corrected chi connectivity index (χ3v) is 4.31. The Morgan fingerprint density at radius 1 is 1.27 bits per heavy atom. The summed E-state index contributed by atoms with van der Waals surface area (Å²) in [7, 11) is 1.69. The number of aryl methyl sites for hydroxylation is 1. The summed E-state index contributed by atoms with van der Waals surface area (Å²) in [6.45, 7) is 2.01. The maximum Gasteiger partial charge on any atom is 0.414 e. The monoisotopic (exact) mass is 318 g/mol. The normalized spacial score (nSPS) is 13.6. The van der Waals surface area contributed by atoms with Crippen LogP contribution < -0.4 is 9.62 Å². The van der Waals surface area contributed by atoms with E-state index in [2.05, 4.69) is 4.72 Å². The summed E-state index contributed by atoms with van der Waals surface area (Å²) in [6, 6.07) is 10.7. The van der Waals surface area contributed by atoms with Crippen molar-refractivity contribution in [2.24, 2.45) is 0 Å². The van der Waals surface area contributed by atoms with Crippen LogP contribution in [0.2, 0.25) is 0 Å². The number of carbonyl (C=O) groups excluding carboxylic acids is 1. The van der Waals surface area contributed by atoms with Crippen molar-refractivity contribution in [2.75, 3.05) is 16.7 Å². The van der Waals surface area contributed by atoms with Gasteiger partial charge in [0.2, 0.25) is 0 Å². The fourth-order valence-electron chi connectivity index (χ4n) is 2.23. The van der Waals surface area contributed by atoms with Crippen LogP contribution in [-0.2, 0) is 11.3 Å². The lowest BCUT2D eigenvalue weighted by Gasteiger charge is -2.25. The Balaban J connectivity index is 1.74. The van der Waals surface area contributed by atoms with Gasteiger partial charge in [-0.3, -0.25) is 4.90 Å². The molecular weight excluding hydrogens is 303 g/mol. The molecule has 0 aromatic heterocycles. The van der Waals surface area contributed by atoms with E-state index in [9.17, 15) is 9.18 Å². The molecule has 2 aromatic rings. The summed E-state index contributed by atoms with van der Waals surface area (Å²) < 4.78 is 21.5. The summed E-state index contributed by atoms with van der Waals surface area (Å²) in [6.07, 6.45) is -0.340. The van der Waals surface area contributed by atoms with Crippen LogP contribution in [0.1, 0.15) is 11.1 Å². The Morgan fingerprint density at radius 3 is 2.86 bits per heavy atom. The molecule has 0 atom stereocenters. The number of ether oxygens (including phenoxy) is 1. The lowest BCUT2D eigenvalue weighted by atomic mass is 10.1. The van der Waals surface area contributed by atoms with E-state index in [-0.39, 0.29) is 18.5 Å². The number of anilines is 2. The van der Waals surface area contributed by atoms with E-state index in [4.69, 9.17) is 4.74 Å². The number of fused-ring (bicyclic) bond motifs is 1. The average Bonchev–Trinajstić information content (AvgIpc) is 2.52. The van der Waals surface area contributed by atoms with Crippen LogP contribution in [0.15, 0.2) is 41.3 Å². The number of hydrogen-bond donors (Lipinski definition) is 1. The zero-order chi connectivity index (χ0) is 15.7. The lowest BCUT2D eigenvalue weighted by molar-refractivity contribution is 0.143. The topological polar surface area (TPSA) is 41.6 Å². The smallest absolute Gasteiger partial charge is 0.414 e. The molecule has 1 heterocycles. The summed E-state index contributed by atoms with van der Waals surface area (Å²) in [5.74, 6) is -0.214. The van der Waals surface area contributed by atoms with Gasteiger partial charge in [0.25, 0.3) is 0 Å². The predicted octanol–water partition coefficient (Wildman–Crippen LogP) is 4.34. The number of amides is 1. The van der Waals surface area contributed by atoms with Crippen molar-refractivity contribution in [1.29, 1.82) is 0 Å². The fraction of sp³-hybridized carbons (Fsp3) is 0.188. The van der Waals surface area contributed by atoms with Crippen LogP contribution >= 0.6 is 11.9 Å². The molecule has 114 valence electrons. The number of cyclic esters (lactones) is 1. The summed E-state index contributed by atoms with van der Waals surface area (Å²) in [5, 5.41) is 0. The highest BCUT2D eigenvalue weighted by Crippen LogP contribution is 2.31. The van der Waals surface area contributed by atoms with Gasteiger partial charge in [-0.05, 0) is 60.8 Å². The molecule has 0 radical (unpaired) electrons. The van der Waals surface area contributed by atoms with Gasteiger partial charge in [-0.25, -0.2) is 9.18 Å². The standard InChI is InChI=1S/C16H15FN2O2S/c1-10-7-12(3-5-14(10)17)18-22-13-4-6-15-11(8-13)9-21-16(20)19(15)2/h3-8,18H,9H2,1-2H3. The van der Waals surface area contributed by atoms with Crippen molar-refractivity contribution in [3.05, 3.63) is 53.3 Å².